The molecule has 0 amide bonds. The highest BCUT2D eigenvalue weighted by molar-refractivity contribution is 5.48. The molecule has 0 spiro atoms. The van der Waals surface area contributed by atoms with Crippen molar-refractivity contribution in [3.63, 3.8) is 0 Å². The van der Waals surface area contributed by atoms with Crippen LogP contribution in [0.2, 0.25) is 0 Å². The summed E-state index contributed by atoms with van der Waals surface area (Å²) in [4.78, 5) is 8.73. The zero-order valence-electron chi connectivity index (χ0n) is 10.2. The number of hydrogen-bond donors (Lipinski definition) is 2. The fourth-order valence-corrected chi connectivity index (χ4v) is 2.83. The van der Waals surface area contributed by atoms with E-state index in [1.54, 1.807) is 6.33 Å². The predicted molar refractivity (Wildman–Crippen MR) is 68.2 cm³/mol. The van der Waals surface area contributed by atoms with Crippen LogP contribution in [0.5, 0.6) is 0 Å². The zero-order chi connectivity index (χ0) is 11.5. The van der Waals surface area contributed by atoms with Crippen LogP contribution in [-0.2, 0) is 12.8 Å². The van der Waals surface area contributed by atoms with Crippen LogP contribution in [0.15, 0.2) is 6.33 Å². The minimum absolute atomic E-state index is 0.607. The van der Waals surface area contributed by atoms with E-state index in [0.29, 0.717) is 6.04 Å². The highest BCUT2D eigenvalue weighted by Crippen LogP contribution is 2.25. The summed E-state index contributed by atoms with van der Waals surface area (Å²) in [5.74, 6) is 1.07. The molecule has 1 atom stereocenters. The summed E-state index contributed by atoms with van der Waals surface area (Å²) >= 11 is 0. The fraction of sp³-hybridized carbons (Fsp3) is 0.692. The van der Waals surface area contributed by atoms with E-state index in [1.165, 1.54) is 36.9 Å². The lowest BCUT2D eigenvalue weighted by molar-refractivity contribution is 0.414. The van der Waals surface area contributed by atoms with Gasteiger partial charge in [-0.15, -0.1) is 0 Å². The topological polar surface area (TPSA) is 49.8 Å². The number of aryl methyl sites for hydroxylation is 1. The highest BCUT2D eigenvalue weighted by atomic mass is 15.1. The third-order valence-corrected chi connectivity index (χ3v) is 3.80. The van der Waals surface area contributed by atoms with Crippen molar-refractivity contribution in [2.45, 2.75) is 44.6 Å². The molecule has 92 valence electrons. The first-order chi connectivity index (χ1) is 8.43. The first kappa shape index (κ1) is 11.0. The van der Waals surface area contributed by atoms with Gasteiger partial charge in [0.25, 0.3) is 0 Å². The summed E-state index contributed by atoms with van der Waals surface area (Å²) < 4.78 is 0. The number of anilines is 1. The normalized spacial score (nSPS) is 23.4. The van der Waals surface area contributed by atoms with Gasteiger partial charge in [-0.3, -0.25) is 0 Å². The van der Waals surface area contributed by atoms with Gasteiger partial charge in [-0.25, -0.2) is 9.97 Å². The maximum absolute atomic E-state index is 4.38. The Bertz CT molecular complexity index is 385. The number of nitrogens with zero attached hydrogens (tertiary/aromatic N) is 2. The van der Waals surface area contributed by atoms with Crippen LogP contribution in [0.3, 0.4) is 0 Å². The molecule has 4 heteroatoms. The van der Waals surface area contributed by atoms with Crippen molar-refractivity contribution in [3.05, 3.63) is 17.6 Å². The lowest BCUT2D eigenvalue weighted by Gasteiger charge is -2.24. The Kier molecular flexibility index (Phi) is 3.22. The number of rotatable bonds is 3. The number of fused-ring (bicyclic) bond motifs is 1. The fourth-order valence-electron chi connectivity index (χ4n) is 2.83. The van der Waals surface area contributed by atoms with E-state index in [9.17, 15) is 0 Å². The highest BCUT2D eigenvalue weighted by Gasteiger charge is 2.18. The standard InChI is InChI=1S/C13H20N4/c1-2-7-14-10(4-1)8-15-13-11-5-3-6-12(11)16-9-17-13/h9-10,14H,1-8H2,(H,15,16,17). The summed E-state index contributed by atoms with van der Waals surface area (Å²) in [7, 11) is 0. The molecule has 1 unspecified atom stereocenters. The Morgan fingerprint density at radius 3 is 3.12 bits per heavy atom. The van der Waals surface area contributed by atoms with Gasteiger partial charge in [0.05, 0.1) is 0 Å². The molecule has 0 saturated carbocycles. The lowest BCUT2D eigenvalue weighted by atomic mass is 10.1. The molecule has 4 nitrogen and oxygen atoms in total. The Hall–Kier alpha value is -1.16. The molecule has 0 radical (unpaired) electrons. The van der Waals surface area contributed by atoms with Crippen molar-refractivity contribution in [2.24, 2.45) is 0 Å². The van der Waals surface area contributed by atoms with Gasteiger partial charge in [-0.1, -0.05) is 6.42 Å². The van der Waals surface area contributed by atoms with Gasteiger partial charge in [-0.2, -0.15) is 0 Å². The van der Waals surface area contributed by atoms with E-state index in [2.05, 4.69) is 20.6 Å². The van der Waals surface area contributed by atoms with Crippen molar-refractivity contribution in [1.82, 2.24) is 15.3 Å². The monoisotopic (exact) mass is 232 g/mol. The molecule has 3 rings (SSSR count). The molecule has 1 aliphatic heterocycles. The Labute approximate surface area is 102 Å². The lowest BCUT2D eigenvalue weighted by Crippen LogP contribution is -2.39. The minimum atomic E-state index is 0.607. The summed E-state index contributed by atoms with van der Waals surface area (Å²) in [6.07, 6.45) is 9.12. The molecule has 0 bridgehead atoms. The molecule has 1 aromatic heterocycles. The van der Waals surface area contributed by atoms with E-state index in [-0.39, 0.29) is 0 Å². The smallest absolute Gasteiger partial charge is 0.132 e. The second-order valence-corrected chi connectivity index (χ2v) is 5.03. The molecular formula is C13H20N4. The SMILES string of the molecule is c1nc2c(c(NCC3CCCCN3)n1)CCC2. The Balaban J connectivity index is 1.63. The largest absolute Gasteiger partial charge is 0.368 e. The molecule has 1 aromatic rings. The van der Waals surface area contributed by atoms with Gasteiger partial charge in [0.15, 0.2) is 0 Å². The summed E-state index contributed by atoms with van der Waals surface area (Å²) in [6.45, 7) is 2.15. The molecule has 0 aromatic carbocycles. The molecule has 1 aliphatic carbocycles. The van der Waals surface area contributed by atoms with Gasteiger partial charge in [0, 0.05) is 23.8 Å². The van der Waals surface area contributed by atoms with E-state index < -0.39 is 0 Å². The zero-order valence-corrected chi connectivity index (χ0v) is 10.2. The minimum Gasteiger partial charge on any atom is -0.368 e. The summed E-state index contributed by atoms with van der Waals surface area (Å²) in [6, 6.07) is 0.607. The van der Waals surface area contributed by atoms with Crippen molar-refractivity contribution in [1.29, 1.82) is 0 Å². The van der Waals surface area contributed by atoms with Crippen molar-refractivity contribution in [2.75, 3.05) is 18.4 Å². The first-order valence-corrected chi connectivity index (χ1v) is 6.73. The van der Waals surface area contributed by atoms with Crippen LogP contribution in [0, 0.1) is 0 Å². The van der Waals surface area contributed by atoms with E-state index in [0.717, 1.165) is 31.7 Å². The van der Waals surface area contributed by atoms with Crippen LogP contribution < -0.4 is 10.6 Å². The van der Waals surface area contributed by atoms with E-state index in [4.69, 9.17) is 0 Å². The third kappa shape index (κ3) is 2.41. The maximum Gasteiger partial charge on any atom is 0.132 e. The first-order valence-electron chi connectivity index (χ1n) is 6.73. The van der Waals surface area contributed by atoms with Crippen LogP contribution in [0.4, 0.5) is 5.82 Å². The van der Waals surface area contributed by atoms with Gasteiger partial charge >= 0.3 is 0 Å². The van der Waals surface area contributed by atoms with Crippen molar-refractivity contribution in [3.8, 4) is 0 Å². The van der Waals surface area contributed by atoms with E-state index >= 15 is 0 Å². The quantitative estimate of drug-likeness (QED) is 0.829. The van der Waals surface area contributed by atoms with Crippen molar-refractivity contribution >= 4 is 5.82 Å². The van der Waals surface area contributed by atoms with Gasteiger partial charge in [0.2, 0.25) is 0 Å². The number of nitrogens with one attached hydrogen (secondary N) is 2. The average molecular weight is 232 g/mol. The Morgan fingerprint density at radius 1 is 1.24 bits per heavy atom. The van der Waals surface area contributed by atoms with Gasteiger partial charge < -0.3 is 10.6 Å². The molecule has 1 fully saturated rings. The van der Waals surface area contributed by atoms with Gasteiger partial charge in [0.1, 0.15) is 12.1 Å². The van der Waals surface area contributed by atoms with Gasteiger partial charge in [-0.05, 0) is 38.6 Å². The third-order valence-electron chi connectivity index (χ3n) is 3.80. The molecule has 2 N–H and O–H groups in total. The number of aromatic nitrogens is 2. The van der Waals surface area contributed by atoms with Crippen LogP contribution >= 0.6 is 0 Å². The maximum atomic E-state index is 4.38. The summed E-state index contributed by atoms with van der Waals surface area (Å²) in [5.41, 5.74) is 2.60. The second-order valence-electron chi connectivity index (χ2n) is 5.03. The molecule has 17 heavy (non-hydrogen) atoms. The second kappa shape index (κ2) is 5.00. The Morgan fingerprint density at radius 2 is 2.24 bits per heavy atom. The van der Waals surface area contributed by atoms with Crippen LogP contribution in [0.25, 0.3) is 0 Å². The van der Waals surface area contributed by atoms with Crippen LogP contribution in [0.1, 0.15) is 36.9 Å². The van der Waals surface area contributed by atoms with E-state index in [1.807, 2.05) is 0 Å². The molecule has 1 saturated heterocycles. The summed E-state index contributed by atoms with van der Waals surface area (Å²) in [5, 5.41) is 7.05. The molecule has 2 aliphatic rings. The van der Waals surface area contributed by atoms with Crippen molar-refractivity contribution < 1.29 is 0 Å². The number of hydrogen-bond acceptors (Lipinski definition) is 4. The molecule has 2 heterocycles. The molecular weight excluding hydrogens is 212 g/mol. The van der Waals surface area contributed by atoms with Crippen LogP contribution in [-0.4, -0.2) is 29.1 Å². The predicted octanol–water partition coefficient (Wildman–Crippen LogP) is 1.52. The average Bonchev–Trinajstić information content (AvgIpc) is 2.86. The number of piperidine rings is 1.